The summed E-state index contributed by atoms with van der Waals surface area (Å²) >= 11 is 0. The van der Waals surface area contributed by atoms with Crippen molar-refractivity contribution in [3.8, 4) is 11.5 Å². The fourth-order valence-electron chi connectivity index (χ4n) is 2.58. The van der Waals surface area contributed by atoms with Crippen molar-refractivity contribution in [2.45, 2.75) is 13.5 Å². The number of likely N-dealkylation sites (N-methyl/N-ethyl adjacent to an activating group) is 1. The Morgan fingerprint density at radius 3 is 2.44 bits per heavy atom. The van der Waals surface area contributed by atoms with Gasteiger partial charge in [0.1, 0.15) is 5.82 Å². The van der Waals surface area contributed by atoms with Crippen molar-refractivity contribution in [3.05, 3.63) is 59.4 Å². The lowest BCUT2D eigenvalue weighted by Gasteiger charge is -2.21. The second-order valence-corrected chi connectivity index (χ2v) is 5.79. The average molecular weight is 374 g/mol. The van der Waals surface area contributed by atoms with Gasteiger partial charge in [-0.2, -0.15) is 0 Å². The number of carbonyl (C=O) groups excluding carboxylic acids is 2. The summed E-state index contributed by atoms with van der Waals surface area (Å²) < 4.78 is 23.6. The molecule has 0 aliphatic carbocycles. The Morgan fingerprint density at radius 1 is 1.07 bits per heavy atom. The zero-order valence-corrected chi connectivity index (χ0v) is 15.6. The van der Waals surface area contributed by atoms with Crippen LogP contribution in [0, 0.1) is 5.82 Å². The fraction of sp³-hybridized carbons (Fsp3) is 0.300. The van der Waals surface area contributed by atoms with Gasteiger partial charge in [0.15, 0.2) is 11.5 Å². The summed E-state index contributed by atoms with van der Waals surface area (Å²) in [6.07, 6.45) is 0. The molecule has 0 aliphatic rings. The van der Waals surface area contributed by atoms with E-state index in [1.54, 1.807) is 35.2 Å². The minimum Gasteiger partial charge on any atom is -0.493 e. The lowest BCUT2D eigenvalue weighted by atomic mass is 10.2. The third kappa shape index (κ3) is 5.44. The van der Waals surface area contributed by atoms with Crippen LogP contribution in [0.15, 0.2) is 42.5 Å². The molecular formula is C20H23FN2O4. The largest absolute Gasteiger partial charge is 0.493 e. The normalized spacial score (nSPS) is 10.2. The van der Waals surface area contributed by atoms with Crippen molar-refractivity contribution >= 4 is 11.8 Å². The summed E-state index contributed by atoms with van der Waals surface area (Å²) in [4.78, 5) is 26.2. The monoisotopic (exact) mass is 374 g/mol. The highest BCUT2D eigenvalue weighted by Crippen LogP contribution is 2.27. The van der Waals surface area contributed by atoms with E-state index in [4.69, 9.17) is 9.47 Å². The molecule has 0 atom stereocenters. The Labute approximate surface area is 157 Å². The minimum atomic E-state index is -0.397. The SMILES string of the molecule is CCN(Cc1cccc(F)c1)C(=O)CNC(=O)c1ccc(OC)c(OC)c1. The smallest absolute Gasteiger partial charge is 0.251 e. The number of nitrogens with zero attached hydrogens (tertiary/aromatic N) is 1. The Bertz CT molecular complexity index is 810. The average Bonchev–Trinajstić information content (AvgIpc) is 2.69. The zero-order chi connectivity index (χ0) is 19.8. The number of halogens is 1. The van der Waals surface area contributed by atoms with Crippen LogP contribution >= 0.6 is 0 Å². The van der Waals surface area contributed by atoms with Crippen LogP contribution in [0.3, 0.4) is 0 Å². The molecule has 7 heteroatoms. The Kier molecular flexibility index (Phi) is 7.16. The van der Waals surface area contributed by atoms with Gasteiger partial charge in [0.2, 0.25) is 5.91 Å². The third-order valence-electron chi connectivity index (χ3n) is 4.04. The highest BCUT2D eigenvalue weighted by molar-refractivity contribution is 5.97. The molecule has 6 nitrogen and oxygen atoms in total. The summed E-state index contributed by atoms with van der Waals surface area (Å²) in [5, 5.41) is 2.60. The van der Waals surface area contributed by atoms with Gasteiger partial charge in [0, 0.05) is 18.7 Å². The van der Waals surface area contributed by atoms with Gasteiger partial charge in [0.25, 0.3) is 5.91 Å². The van der Waals surface area contributed by atoms with Crippen LogP contribution in [-0.4, -0.2) is 44.0 Å². The molecule has 0 aromatic heterocycles. The van der Waals surface area contributed by atoms with Crippen molar-refractivity contribution in [1.29, 1.82) is 0 Å². The number of ether oxygens (including phenoxy) is 2. The van der Waals surface area contributed by atoms with Crippen molar-refractivity contribution < 1.29 is 23.5 Å². The number of carbonyl (C=O) groups is 2. The van der Waals surface area contributed by atoms with Crippen molar-refractivity contribution in [2.24, 2.45) is 0 Å². The minimum absolute atomic E-state index is 0.156. The molecule has 144 valence electrons. The van der Waals surface area contributed by atoms with Crippen LogP contribution in [0.25, 0.3) is 0 Å². The van der Waals surface area contributed by atoms with Crippen LogP contribution in [0.1, 0.15) is 22.8 Å². The van der Waals surface area contributed by atoms with E-state index in [2.05, 4.69) is 5.32 Å². The van der Waals surface area contributed by atoms with Gasteiger partial charge in [-0.05, 0) is 42.8 Å². The van der Waals surface area contributed by atoms with E-state index in [-0.39, 0.29) is 24.8 Å². The van der Waals surface area contributed by atoms with Crippen LogP contribution < -0.4 is 14.8 Å². The molecule has 0 saturated heterocycles. The zero-order valence-electron chi connectivity index (χ0n) is 15.6. The summed E-state index contributed by atoms with van der Waals surface area (Å²) in [7, 11) is 2.99. The first-order valence-corrected chi connectivity index (χ1v) is 8.51. The number of nitrogens with one attached hydrogen (secondary N) is 1. The van der Waals surface area contributed by atoms with Gasteiger partial charge >= 0.3 is 0 Å². The second kappa shape index (κ2) is 9.56. The number of hydrogen-bond donors (Lipinski definition) is 1. The molecule has 2 rings (SSSR count). The van der Waals surface area contributed by atoms with Crippen LogP contribution in [0.2, 0.25) is 0 Å². The second-order valence-electron chi connectivity index (χ2n) is 5.79. The van der Waals surface area contributed by atoms with Crippen molar-refractivity contribution in [3.63, 3.8) is 0 Å². The highest BCUT2D eigenvalue weighted by atomic mass is 19.1. The molecule has 0 spiro atoms. The van der Waals surface area contributed by atoms with Gasteiger partial charge in [0.05, 0.1) is 20.8 Å². The first kappa shape index (κ1) is 20.2. The molecule has 0 fully saturated rings. The van der Waals surface area contributed by atoms with E-state index in [0.717, 1.165) is 0 Å². The lowest BCUT2D eigenvalue weighted by molar-refractivity contribution is -0.130. The van der Waals surface area contributed by atoms with Crippen LogP contribution in [0.5, 0.6) is 11.5 Å². The number of hydrogen-bond acceptors (Lipinski definition) is 4. The molecule has 2 aromatic carbocycles. The Balaban J connectivity index is 1.97. The molecule has 0 heterocycles. The molecule has 0 radical (unpaired) electrons. The number of rotatable bonds is 8. The summed E-state index contributed by atoms with van der Waals surface area (Å²) in [5.74, 6) is -0.0606. The van der Waals surface area contributed by atoms with Crippen LogP contribution in [-0.2, 0) is 11.3 Å². The van der Waals surface area contributed by atoms with Gasteiger partial charge in [-0.1, -0.05) is 12.1 Å². The van der Waals surface area contributed by atoms with Crippen molar-refractivity contribution in [2.75, 3.05) is 27.3 Å². The van der Waals surface area contributed by atoms with E-state index >= 15 is 0 Å². The van der Waals surface area contributed by atoms with E-state index < -0.39 is 5.91 Å². The van der Waals surface area contributed by atoms with Crippen molar-refractivity contribution in [1.82, 2.24) is 10.2 Å². The molecule has 27 heavy (non-hydrogen) atoms. The standard InChI is InChI=1S/C20H23FN2O4/c1-4-23(13-14-6-5-7-16(21)10-14)19(24)12-22-20(25)15-8-9-17(26-2)18(11-15)27-3/h5-11H,4,12-13H2,1-3H3,(H,22,25). The van der Waals surface area contributed by atoms with E-state index in [9.17, 15) is 14.0 Å². The summed E-state index contributed by atoms with van der Waals surface area (Å²) in [6.45, 7) is 2.39. The molecular weight excluding hydrogens is 351 g/mol. The third-order valence-corrected chi connectivity index (χ3v) is 4.04. The molecule has 0 saturated carbocycles. The van der Waals surface area contributed by atoms with Gasteiger partial charge in [-0.25, -0.2) is 4.39 Å². The quantitative estimate of drug-likeness (QED) is 0.771. The molecule has 1 N–H and O–H groups in total. The summed E-state index contributed by atoms with van der Waals surface area (Å²) in [5.41, 5.74) is 1.05. The predicted octanol–water partition coefficient (Wildman–Crippen LogP) is 2.62. The molecule has 2 amide bonds. The maximum atomic E-state index is 13.3. The topological polar surface area (TPSA) is 67.9 Å². The Hall–Kier alpha value is -3.09. The number of benzene rings is 2. The fourth-order valence-corrected chi connectivity index (χ4v) is 2.58. The van der Waals surface area contributed by atoms with Gasteiger partial charge in [-0.3, -0.25) is 9.59 Å². The molecule has 0 bridgehead atoms. The summed E-state index contributed by atoms with van der Waals surface area (Å²) in [6, 6.07) is 10.8. The highest BCUT2D eigenvalue weighted by Gasteiger charge is 2.15. The molecule has 0 unspecified atom stereocenters. The lowest BCUT2D eigenvalue weighted by Crippen LogP contribution is -2.39. The van der Waals surface area contributed by atoms with Gasteiger partial charge in [-0.15, -0.1) is 0 Å². The van der Waals surface area contributed by atoms with Crippen LogP contribution in [0.4, 0.5) is 4.39 Å². The number of amides is 2. The predicted molar refractivity (Wildman–Crippen MR) is 99.4 cm³/mol. The van der Waals surface area contributed by atoms with E-state index in [1.165, 1.54) is 26.4 Å². The first-order chi connectivity index (χ1) is 13.0. The van der Waals surface area contributed by atoms with Gasteiger partial charge < -0.3 is 19.7 Å². The maximum Gasteiger partial charge on any atom is 0.251 e. The van der Waals surface area contributed by atoms with E-state index in [1.807, 2.05) is 6.92 Å². The maximum absolute atomic E-state index is 13.3. The van der Waals surface area contributed by atoms with E-state index in [0.29, 0.717) is 29.2 Å². The molecule has 0 aliphatic heterocycles. The molecule has 2 aromatic rings. The first-order valence-electron chi connectivity index (χ1n) is 8.51. The number of methoxy groups -OCH3 is 2. The Morgan fingerprint density at radius 2 is 1.81 bits per heavy atom.